The van der Waals surface area contributed by atoms with E-state index in [1.165, 1.54) is 0 Å². The van der Waals surface area contributed by atoms with E-state index in [2.05, 4.69) is 4.72 Å². The Bertz CT molecular complexity index is 346. The van der Waals surface area contributed by atoms with Crippen molar-refractivity contribution < 1.29 is 18.3 Å². The SMILES string of the molecule is CCC(CNS(=O)(=O)C1CCCC1)CC(=O)O. The Morgan fingerprint density at radius 1 is 1.41 bits per heavy atom. The van der Waals surface area contributed by atoms with Crippen LogP contribution in [-0.2, 0) is 14.8 Å². The molecule has 0 aromatic heterocycles. The zero-order valence-electron chi connectivity index (χ0n) is 10.2. The van der Waals surface area contributed by atoms with E-state index in [1.807, 2.05) is 6.92 Å². The lowest BCUT2D eigenvalue weighted by Crippen LogP contribution is -2.36. The quantitative estimate of drug-likeness (QED) is 0.726. The number of sulfonamides is 1. The number of carboxylic acids is 1. The average Bonchev–Trinajstić information content (AvgIpc) is 2.77. The van der Waals surface area contributed by atoms with Gasteiger partial charge in [0.05, 0.1) is 5.25 Å². The van der Waals surface area contributed by atoms with Crippen molar-refractivity contribution in [3.63, 3.8) is 0 Å². The molecule has 1 aliphatic rings. The van der Waals surface area contributed by atoms with Crippen LogP contribution in [0.1, 0.15) is 45.4 Å². The Labute approximate surface area is 103 Å². The third-order valence-electron chi connectivity index (χ3n) is 3.35. The molecule has 17 heavy (non-hydrogen) atoms. The van der Waals surface area contributed by atoms with Crippen LogP contribution in [0.5, 0.6) is 0 Å². The van der Waals surface area contributed by atoms with E-state index in [9.17, 15) is 13.2 Å². The molecular weight excluding hydrogens is 242 g/mol. The van der Waals surface area contributed by atoms with E-state index in [-0.39, 0.29) is 24.1 Å². The van der Waals surface area contributed by atoms with Crippen molar-refractivity contribution in [3.05, 3.63) is 0 Å². The predicted molar refractivity (Wildman–Crippen MR) is 65.2 cm³/mol. The fourth-order valence-corrected chi connectivity index (χ4v) is 3.82. The third-order valence-corrected chi connectivity index (χ3v) is 5.27. The van der Waals surface area contributed by atoms with Crippen LogP contribution < -0.4 is 4.72 Å². The van der Waals surface area contributed by atoms with Crippen molar-refractivity contribution in [1.82, 2.24) is 4.72 Å². The van der Waals surface area contributed by atoms with Crippen molar-refractivity contribution in [2.75, 3.05) is 6.54 Å². The zero-order chi connectivity index (χ0) is 12.9. The lowest BCUT2D eigenvalue weighted by atomic mass is 10.0. The summed E-state index contributed by atoms with van der Waals surface area (Å²) in [5, 5.41) is 8.41. The first-order valence-corrected chi connectivity index (χ1v) is 7.70. The maximum absolute atomic E-state index is 11.9. The van der Waals surface area contributed by atoms with E-state index < -0.39 is 16.0 Å². The second-order valence-corrected chi connectivity index (χ2v) is 6.72. The molecule has 0 aliphatic heterocycles. The van der Waals surface area contributed by atoms with Crippen LogP contribution >= 0.6 is 0 Å². The van der Waals surface area contributed by atoms with Gasteiger partial charge in [-0.1, -0.05) is 26.2 Å². The number of rotatable bonds is 7. The Balaban J connectivity index is 2.44. The molecule has 1 atom stereocenters. The highest BCUT2D eigenvalue weighted by atomic mass is 32.2. The molecule has 1 unspecified atom stereocenters. The summed E-state index contributed by atoms with van der Waals surface area (Å²) in [6, 6.07) is 0. The highest BCUT2D eigenvalue weighted by Crippen LogP contribution is 2.24. The molecule has 1 fully saturated rings. The van der Waals surface area contributed by atoms with E-state index in [0.29, 0.717) is 6.42 Å². The minimum absolute atomic E-state index is 0.0175. The number of hydrogen-bond donors (Lipinski definition) is 2. The molecule has 5 nitrogen and oxygen atoms in total. The van der Waals surface area contributed by atoms with E-state index in [4.69, 9.17) is 5.11 Å². The van der Waals surface area contributed by atoms with Gasteiger partial charge < -0.3 is 5.11 Å². The number of carbonyl (C=O) groups is 1. The second kappa shape index (κ2) is 6.35. The molecule has 6 heteroatoms. The third kappa shape index (κ3) is 4.63. The van der Waals surface area contributed by atoms with Gasteiger partial charge >= 0.3 is 5.97 Å². The molecular formula is C11H21NO4S. The van der Waals surface area contributed by atoms with Gasteiger partial charge in [-0.3, -0.25) is 4.79 Å². The zero-order valence-corrected chi connectivity index (χ0v) is 11.0. The average molecular weight is 263 g/mol. The Morgan fingerprint density at radius 3 is 2.47 bits per heavy atom. The molecule has 1 rings (SSSR count). The van der Waals surface area contributed by atoms with Gasteiger partial charge in [0.2, 0.25) is 10.0 Å². The fraction of sp³-hybridized carbons (Fsp3) is 0.909. The van der Waals surface area contributed by atoms with Crippen LogP contribution in [0, 0.1) is 5.92 Å². The summed E-state index contributed by atoms with van der Waals surface area (Å²) in [5.74, 6) is -0.999. The highest BCUT2D eigenvalue weighted by molar-refractivity contribution is 7.90. The molecule has 0 amide bonds. The maximum Gasteiger partial charge on any atom is 0.303 e. The topological polar surface area (TPSA) is 83.5 Å². The van der Waals surface area contributed by atoms with Gasteiger partial charge in [0.1, 0.15) is 0 Å². The number of aliphatic carboxylic acids is 1. The van der Waals surface area contributed by atoms with Crippen LogP contribution in [0.4, 0.5) is 0 Å². The molecule has 0 spiro atoms. The van der Waals surface area contributed by atoms with Crippen LogP contribution in [0.15, 0.2) is 0 Å². The van der Waals surface area contributed by atoms with Gasteiger partial charge in [-0.05, 0) is 18.8 Å². The largest absolute Gasteiger partial charge is 0.481 e. The lowest BCUT2D eigenvalue weighted by Gasteiger charge is -2.16. The predicted octanol–water partition coefficient (Wildman–Crippen LogP) is 1.35. The van der Waals surface area contributed by atoms with Gasteiger partial charge in [0, 0.05) is 13.0 Å². The number of hydrogen-bond acceptors (Lipinski definition) is 3. The normalized spacial score (nSPS) is 19.4. The standard InChI is InChI=1S/C11H21NO4S/c1-2-9(7-11(13)14)8-12-17(15,16)10-5-3-4-6-10/h9-10,12H,2-8H2,1H3,(H,13,14). The minimum atomic E-state index is -3.24. The fourth-order valence-electron chi connectivity index (χ4n) is 2.16. The molecule has 0 aromatic rings. The van der Waals surface area contributed by atoms with E-state index >= 15 is 0 Å². The Kier molecular flexibility index (Phi) is 5.39. The number of carboxylic acid groups (broad SMARTS) is 1. The second-order valence-electron chi connectivity index (χ2n) is 4.67. The summed E-state index contributed by atoms with van der Waals surface area (Å²) in [5.41, 5.74) is 0. The van der Waals surface area contributed by atoms with Crippen molar-refractivity contribution in [2.45, 2.75) is 50.7 Å². The van der Waals surface area contributed by atoms with Gasteiger partial charge in [-0.25, -0.2) is 13.1 Å². The highest BCUT2D eigenvalue weighted by Gasteiger charge is 2.28. The van der Waals surface area contributed by atoms with Crippen molar-refractivity contribution >= 4 is 16.0 Å². The van der Waals surface area contributed by atoms with Crippen LogP contribution in [-0.4, -0.2) is 31.3 Å². The van der Waals surface area contributed by atoms with Crippen molar-refractivity contribution in [2.24, 2.45) is 5.92 Å². The van der Waals surface area contributed by atoms with Gasteiger partial charge in [-0.15, -0.1) is 0 Å². The maximum atomic E-state index is 11.9. The minimum Gasteiger partial charge on any atom is -0.481 e. The van der Waals surface area contributed by atoms with Gasteiger partial charge in [0.15, 0.2) is 0 Å². The molecule has 0 aromatic carbocycles. The summed E-state index contributed by atoms with van der Waals surface area (Å²) in [4.78, 5) is 10.6. The van der Waals surface area contributed by atoms with E-state index in [1.54, 1.807) is 0 Å². The number of nitrogens with one attached hydrogen (secondary N) is 1. The van der Waals surface area contributed by atoms with Crippen LogP contribution in [0.25, 0.3) is 0 Å². The summed E-state index contributed by atoms with van der Waals surface area (Å²) < 4.78 is 26.3. The molecule has 1 aliphatic carbocycles. The molecule has 0 radical (unpaired) electrons. The Morgan fingerprint density at radius 2 is 2.00 bits per heavy atom. The summed E-state index contributed by atoms with van der Waals surface area (Å²) in [6.07, 6.45) is 4.08. The first-order chi connectivity index (χ1) is 7.95. The van der Waals surface area contributed by atoms with Crippen LogP contribution in [0.3, 0.4) is 0 Å². The van der Waals surface area contributed by atoms with Crippen LogP contribution in [0.2, 0.25) is 0 Å². The molecule has 2 N–H and O–H groups in total. The van der Waals surface area contributed by atoms with Gasteiger partial charge in [-0.2, -0.15) is 0 Å². The summed E-state index contributed by atoms with van der Waals surface area (Å²) in [6.45, 7) is 2.11. The lowest BCUT2D eigenvalue weighted by molar-refractivity contribution is -0.138. The van der Waals surface area contributed by atoms with Crippen molar-refractivity contribution in [3.8, 4) is 0 Å². The van der Waals surface area contributed by atoms with Gasteiger partial charge in [0.25, 0.3) is 0 Å². The summed E-state index contributed by atoms with van der Waals surface area (Å²) in [7, 11) is -3.24. The molecule has 100 valence electrons. The van der Waals surface area contributed by atoms with Crippen molar-refractivity contribution in [1.29, 1.82) is 0 Å². The summed E-state index contributed by atoms with van der Waals surface area (Å²) >= 11 is 0. The first-order valence-electron chi connectivity index (χ1n) is 6.16. The monoisotopic (exact) mass is 263 g/mol. The van der Waals surface area contributed by atoms with E-state index in [0.717, 1.165) is 25.7 Å². The molecule has 0 heterocycles. The first kappa shape index (κ1) is 14.4. The molecule has 0 saturated heterocycles. The smallest absolute Gasteiger partial charge is 0.303 e. The molecule has 0 bridgehead atoms. The Hall–Kier alpha value is -0.620. The molecule has 1 saturated carbocycles.